The minimum Gasteiger partial charge on any atom is -0.389 e. The van der Waals surface area contributed by atoms with Gasteiger partial charge in [-0.3, -0.25) is 0 Å². The van der Waals surface area contributed by atoms with E-state index >= 15 is 0 Å². The lowest BCUT2D eigenvalue weighted by Crippen LogP contribution is -2.31. The molecule has 0 saturated heterocycles. The van der Waals surface area contributed by atoms with Crippen molar-refractivity contribution in [3.05, 3.63) is 23.9 Å². The van der Waals surface area contributed by atoms with Gasteiger partial charge in [0.15, 0.2) is 0 Å². The average molecular weight is 249 g/mol. The molecule has 0 spiro atoms. The summed E-state index contributed by atoms with van der Waals surface area (Å²) in [5.41, 5.74) is 6.55. The molecule has 3 nitrogen and oxygen atoms in total. The molecule has 2 rings (SSSR count). The Kier molecular flexibility index (Phi) is 3.94. The number of hydrogen-bond donors (Lipinski definition) is 2. The minimum absolute atomic E-state index is 0.407. The summed E-state index contributed by atoms with van der Waals surface area (Å²) in [6, 6.07) is 4.28. The zero-order valence-electron chi connectivity index (χ0n) is 10.1. The van der Waals surface area contributed by atoms with Crippen LogP contribution in [0.15, 0.2) is 18.3 Å². The van der Waals surface area contributed by atoms with Crippen LogP contribution in [0.4, 0.5) is 5.82 Å². The Balaban J connectivity index is 2.14. The largest absolute Gasteiger partial charge is 0.389 e. The lowest BCUT2D eigenvalue weighted by Gasteiger charge is -2.30. The van der Waals surface area contributed by atoms with Gasteiger partial charge in [0, 0.05) is 12.2 Å². The molecule has 2 atom stereocenters. The molecule has 0 bridgehead atoms. The molecule has 0 radical (unpaired) electrons. The highest BCUT2D eigenvalue weighted by molar-refractivity contribution is 7.80. The number of nitrogens with two attached hydrogens (primary N) is 1. The quantitative estimate of drug-likeness (QED) is 0.809. The molecule has 1 saturated carbocycles. The molecule has 0 amide bonds. The van der Waals surface area contributed by atoms with Crippen molar-refractivity contribution in [2.24, 2.45) is 11.7 Å². The van der Waals surface area contributed by atoms with Gasteiger partial charge in [0.1, 0.15) is 10.8 Å². The Labute approximate surface area is 108 Å². The second-order valence-corrected chi connectivity index (χ2v) is 5.22. The van der Waals surface area contributed by atoms with Gasteiger partial charge in [-0.1, -0.05) is 32.0 Å². The highest BCUT2D eigenvalue weighted by Crippen LogP contribution is 2.27. The third-order valence-electron chi connectivity index (χ3n) is 3.51. The maximum Gasteiger partial charge on any atom is 0.136 e. The molecule has 92 valence electrons. The Hall–Kier alpha value is -1.16. The van der Waals surface area contributed by atoms with Crippen molar-refractivity contribution in [1.82, 2.24) is 4.98 Å². The van der Waals surface area contributed by atoms with Crippen molar-refractivity contribution in [3.63, 3.8) is 0 Å². The van der Waals surface area contributed by atoms with Crippen LogP contribution < -0.4 is 11.1 Å². The van der Waals surface area contributed by atoms with Gasteiger partial charge in [-0.2, -0.15) is 0 Å². The molecule has 17 heavy (non-hydrogen) atoms. The molecular weight excluding hydrogens is 230 g/mol. The monoisotopic (exact) mass is 249 g/mol. The highest BCUT2D eigenvalue weighted by atomic mass is 32.1. The predicted octanol–water partition coefficient (Wildman–Crippen LogP) is 2.71. The molecule has 3 N–H and O–H groups in total. The van der Waals surface area contributed by atoms with E-state index in [9.17, 15) is 0 Å². The van der Waals surface area contributed by atoms with Gasteiger partial charge < -0.3 is 11.1 Å². The molecule has 1 aliphatic carbocycles. The Morgan fingerprint density at radius 1 is 1.47 bits per heavy atom. The maximum absolute atomic E-state index is 5.71. The number of hydrogen-bond acceptors (Lipinski definition) is 3. The van der Waals surface area contributed by atoms with Crippen molar-refractivity contribution in [3.8, 4) is 0 Å². The molecule has 0 aromatic carbocycles. The molecule has 0 aliphatic heterocycles. The van der Waals surface area contributed by atoms with Crippen LogP contribution in [-0.2, 0) is 0 Å². The standard InChI is InChI=1S/C13H19N3S/c1-9-5-2-3-7-11(9)16-13-10(12(14)17)6-4-8-15-13/h4,6,8-9,11H,2-3,5,7H2,1H3,(H2,14,17)(H,15,16). The smallest absolute Gasteiger partial charge is 0.136 e. The molecule has 4 heteroatoms. The third kappa shape index (κ3) is 2.94. The van der Waals surface area contributed by atoms with Crippen LogP contribution in [-0.4, -0.2) is 16.0 Å². The fourth-order valence-corrected chi connectivity index (χ4v) is 2.59. The Morgan fingerprint density at radius 3 is 2.94 bits per heavy atom. The van der Waals surface area contributed by atoms with Crippen LogP contribution >= 0.6 is 12.2 Å². The number of pyridine rings is 1. The van der Waals surface area contributed by atoms with E-state index in [1.54, 1.807) is 6.20 Å². The first-order valence-electron chi connectivity index (χ1n) is 6.20. The van der Waals surface area contributed by atoms with Gasteiger partial charge in [0.05, 0.1) is 5.56 Å². The molecule has 1 aromatic heterocycles. The van der Waals surface area contributed by atoms with Crippen LogP contribution in [0.5, 0.6) is 0 Å². The average Bonchev–Trinajstić information content (AvgIpc) is 2.32. The second kappa shape index (κ2) is 5.45. The first-order chi connectivity index (χ1) is 8.18. The lowest BCUT2D eigenvalue weighted by atomic mass is 9.86. The van der Waals surface area contributed by atoms with Gasteiger partial charge in [-0.25, -0.2) is 4.98 Å². The summed E-state index contributed by atoms with van der Waals surface area (Å²) in [5, 5.41) is 3.50. The van der Waals surface area contributed by atoms with Crippen LogP contribution in [0, 0.1) is 5.92 Å². The fourth-order valence-electron chi connectivity index (χ4n) is 2.43. The zero-order chi connectivity index (χ0) is 12.3. The summed E-state index contributed by atoms with van der Waals surface area (Å²) in [7, 11) is 0. The summed E-state index contributed by atoms with van der Waals surface area (Å²) in [5.74, 6) is 1.52. The molecule has 1 heterocycles. The van der Waals surface area contributed by atoms with E-state index in [1.165, 1.54) is 25.7 Å². The van der Waals surface area contributed by atoms with Crippen molar-refractivity contribution < 1.29 is 0 Å². The number of aromatic nitrogens is 1. The van der Waals surface area contributed by atoms with Gasteiger partial charge in [-0.15, -0.1) is 0 Å². The van der Waals surface area contributed by atoms with E-state index < -0.39 is 0 Å². The minimum atomic E-state index is 0.407. The van der Waals surface area contributed by atoms with E-state index in [-0.39, 0.29) is 0 Å². The van der Waals surface area contributed by atoms with Crippen molar-refractivity contribution in [2.45, 2.75) is 38.6 Å². The second-order valence-electron chi connectivity index (χ2n) is 4.78. The van der Waals surface area contributed by atoms with E-state index in [0.717, 1.165) is 11.4 Å². The van der Waals surface area contributed by atoms with Gasteiger partial charge in [-0.05, 0) is 30.9 Å². The number of nitrogens with zero attached hydrogens (tertiary/aromatic N) is 1. The fraction of sp³-hybridized carbons (Fsp3) is 0.538. The summed E-state index contributed by atoms with van der Waals surface area (Å²) >= 11 is 5.04. The van der Waals surface area contributed by atoms with Crippen LogP contribution in [0.25, 0.3) is 0 Å². The predicted molar refractivity (Wildman–Crippen MR) is 75.2 cm³/mol. The van der Waals surface area contributed by atoms with Crippen LogP contribution in [0.2, 0.25) is 0 Å². The third-order valence-corrected chi connectivity index (χ3v) is 3.73. The Morgan fingerprint density at radius 2 is 2.24 bits per heavy atom. The molecule has 1 fully saturated rings. The van der Waals surface area contributed by atoms with E-state index in [0.29, 0.717) is 16.9 Å². The molecule has 1 aromatic rings. The summed E-state index contributed by atoms with van der Waals surface area (Å²) in [6.07, 6.45) is 6.89. The van der Waals surface area contributed by atoms with Crippen molar-refractivity contribution >= 4 is 23.0 Å². The first-order valence-corrected chi connectivity index (χ1v) is 6.60. The van der Waals surface area contributed by atoms with E-state index in [1.807, 2.05) is 12.1 Å². The highest BCUT2D eigenvalue weighted by Gasteiger charge is 2.22. The lowest BCUT2D eigenvalue weighted by molar-refractivity contribution is 0.349. The Bertz CT molecular complexity index is 405. The van der Waals surface area contributed by atoms with Crippen LogP contribution in [0.1, 0.15) is 38.2 Å². The SMILES string of the molecule is CC1CCCCC1Nc1ncccc1C(N)=S. The topological polar surface area (TPSA) is 50.9 Å². The maximum atomic E-state index is 5.71. The number of rotatable bonds is 3. The van der Waals surface area contributed by atoms with E-state index in [4.69, 9.17) is 18.0 Å². The number of nitrogens with one attached hydrogen (secondary N) is 1. The zero-order valence-corrected chi connectivity index (χ0v) is 11.0. The summed E-state index contributed by atoms with van der Waals surface area (Å²) in [6.45, 7) is 2.29. The number of thiocarbonyl (C=S) groups is 1. The van der Waals surface area contributed by atoms with Crippen molar-refractivity contribution in [1.29, 1.82) is 0 Å². The van der Waals surface area contributed by atoms with Crippen molar-refractivity contribution in [2.75, 3.05) is 5.32 Å². The summed E-state index contributed by atoms with van der Waals surface area (Å²) < 4.78 is 0. The summed E-state index contributed by atoms with van der Waals surface area (Å²) in [4.78, 5) is 4.76. The molecule has 2 unspecified atom stereocenters. The molecular formula is C13H19N3S. The van der Waals surface area contributed by atoms with Gasteiger partial charge in [0.2, 0.25) is 0 Å². The van der Waals surface area contributed by atoms with Gasteiger partial charge in [0.25, 0.3) is 0 Å². The number of anilines is 1. The van der Waals surface area contributed by atoms with E-state index in [2.05, 4.69) is 17.2 Å². The first kappa shape index (κ1) is 12.3. The molecule has 1 aliphatic rings. The van der Waals surface area contributed by atoms with Gasteiger partial charge >= 0.3 is 0 Å². The van der Waals surface area contributed by atoms with Crippen LogP contribution in [0.3, 0.4) is 0 Å². The normalized spacial score (nSPS) is 24.3.